The molecule has 148 valence electrons. The van der Waals surface area contributed by atoms with E-state index in [-0.39, 0.29) is 5.92 Å². The fraction of sp³-hybridized carbons (Fsp3) is 0.737. The molecule has 4 rings (SSSR count). The number of ether oxygens (including phenoxy) is 1. The minimum absolute atomic E-state index is 0.158. The molecule has 1 aromatic heterocycles. The first kappa shape index (κ1) is 18.4. The summed E-state index contributed by atoms with van der Waals surface area (Å²) in [7, 11) is 2.12. The van der Waals surface area contributed by atoms with E-state index < -0.39 is 0 Å². The number of anilines is 2. The van der Waals surface area contributed by atoms with E-state index in [1.165, 1.54) is 0 Å². The van der Waals surface area contributed by atoms with Gasteiger partial charge in [0, 0.05) is 58.3 Å². The maximum absolute atomic E-state index is 12.8. The normalized spacial score (nSPS) is 22.9. The van der Waals surface area contributed by atoms with Crippen LogP contribution in [0.1, 0.15) is 12.8 Å². The Morgan fingerprint density at radius 3 is 2.00 bits per heavy atom. The summed E-state index contributed by atoms with van der Waals surface area (Å²) in [5.41, 5.74) is 0. The number of hydrogen-bond acceptors (Lipinski definition) is 7. The average Bonchev–Trinajstić information content (AvgIpc) is 2.75. The number of piperazine rings is 1. The minimum atomic E-state index is 0.158. The van der Waals surface area contributed by atoms with Crippen molar-refractivity contribution in [2.45, 2.75) is 12.8 Å². The van der Waals surface area contributed by atoms with E-state index in [1.807, 2.05) is 0 Å². The average molecular weight is 374 g/mol. The third-order valence-electron chi connectivity index (χ3n) is 5.95. The van der Waals surface area contributed by atoms with E-state index in [1.54, 1.807) is 0 Å². The molecule has 3 saturated heterocycles. The summed E-state index contributed by atoms with van der Waals surface area (Å²) in [6.07, 6.45) is 1.80. The van der Waals surface area contributed by atoms with Crippen LogP contribution in [0.4, 0.5) is 11.6 Å². The lowest BCUT2D eigenvalue weighted by atomic mass is 9.95. The van der Waals surface area contributed by atoms with Gasteiger partial charge in [-0.25, -0.2) is 0 Å². The van der Waals surface area contributed by atoms with Gasteiger partial charge in [-0.1, -0.05) is 0 Å². The van der Waals surface area contributed by atoms with Crippen molar-refractivity contribution in [2.24, 2.45) is 5.92 Å². The van der Waals surface area contributed by atoms with Gasteiger partial charge in [0.15, 0.2) is 11.6 Å². The molecular weight excluding hydrogens is 344 g/mol. The molecule has 0 bridgehead atoms. The quantitative estimate of drug-likeness (QED) is 0.754. The first-order chi connectivity index (χ1) is 13.2. The molecule has 0 aromatic carbocycles. The van der Waals surface area contributed by atoms with Gasteiger partial charge in [0.2, 0.25) is 5.91 Å². The molecule has 0 spiro atoms. The predicted octanol–water partition coefficient (Wildman–Crippen LogP) is 0.304. The highest BCUT2D eigenvalue weighted by Crippen LogP contribution is 2.24. The Hall–Kier alpha value is -1.93. The third-order valence-corrected chi connectivity index (χ3v) is 5.95. The second-order valence-corrected chi connectivity index (χ2v) is 7.74. The van der Waals surface area contributed by atoms with Gasteiger partial charge < -0.3 is 24.3 Å². The van der Waals surface area contributed by atoms with Gasteiger partial charge in [0.1, 0.15) is 0 Å². The highest BCUT2D eigenvalue weighted by Gasteiger charge is 2.30. The number of amides is 1. The number of carbonyl (C=O) groups excluding carboxylic acids is 1. The predicted molar refractivity (Wildman–Crippen MR) is 104 cm³/mol. The minimum Gasteiger partial charge on any atom is -0.378 e. The van der Waals surface area contributed by atoms with Gasteiger partial charge >= 0.3 is 0 Å². The Kier molecular flexibility index (Phi) is 5.73. The van der Waals surface area contributed by atoms with Gasteiger partial charge in [-0.05, 0) is 32.0 Å². The Bertz CT molecular complexity index is 618. The zero-order chi connectivity index (χ0) is 18.6. The zero-order valence-corrected chi connectivity index (χ0v) is 16.2. The molecule has 0 saturated carbocycles. The second-order valence-electron chi connectivity index (χ2n) is 7.74. The lowest BCUT2D eigenvalue weighted by Crippen LogP contribution is -2.50. The lowest BCUT2D eigenvalue weighted by molar-refractivity contribution is -0.137. The number of rotatable bonds is 3. The number of nitrogens with zero attached hydrogens (tertiary/aromatic N) is 6. The highest BCUT2D eigenvalue weighted by atomic mass is 16.5. The highest BCUT2D eigenvalue weighted by molar-refractivity contribution is 5.79. The van der Waals surface area contributed by atoms with Crippen LogP contribution in [0, 0.1) is 5.92 Å². The molecule has 1 amide bonds. The van der Waals surface area contributed by atoms with Crippen LogP contribution in [0.2, 0.25) is 0 Å². The molecule has 4 heterocycles. The van der Waals surface area contributed by atoms with Crippen LogP contribution in [-0.4, -0.2) is 98.5 Å². The number of carbonyl (C=O) groups is 1. The molecule has 3 aliphatic heterocycles. The fourth-order valence-electron chi connectivity index (χ4n) is 4.09. The van der Waals surface area contributed by atoms with Crippen molar-refractivity contribution >= 4 is 17.5 Å². The fourth-order valence-corrected chi connectivity index (χ4v) is 4.09. The largest absolute Gasteiger partial charge is 0.378 e. The Morgan fingerprint density at radius 2 is 1.44 bits per heavy atom. The van der Waals surface area contributed by atoms with Crippen LogP contribution < -0.4 is 9.80 Å². The number of aromatic nitrogens is 2. The van der Waals surface area contributed by atoms with E-state index in [0.29, 0.717) is 5.91 Å². The standard InChI is InChI=1S/C19H30N6O2/c1-22-8-10-25(11-9-22)19(26)16-4-6-23(7-5-16)17-2-3-18(21-20-17)24-12-14-27-15-13-24/h2-3,16H,4-15H2,1H3. The summed E-state index contributed by atoms with van der Waals surface area (Å²) in [5.74, 6) is 2.33. The maximum atomic E-state index is 12.8. The molecule has 0 radical (unpaired) electrons. The van der Waals surface area contributed by atoms with E-state index >= 15 is 0 Å². The Labute approximate surface area is 161 Å². The smallest absolute Gasteiger partial charge is 0.225 e. The van der Waals surface area contributed by atoms with E-state index in [0.717, 1.165) is 90.0 Å². The Balaban J connectivity index is 1.29. The molecule has 3 fully saturated rings. The van der Waals surface area contributed by atoms with Crippen molar-refractivity contribution < 1.29 is 9.53 Å². The number of piperidine rings is 1. The van der Waals surface area contributed by atoms with Crippen molar-refractivity contribution in [2.75, 3.05) is 82.4 Å². The van der Waals surface area contributed by atoms with E-state index in [9.17, 15) is 4.79 Å². The molecule has 27 heavy (non-hydrogen) atoms. The summed E-state index contributed by atoms with van der Waals surface area (Å²) < 4.78 is 5.39. The van der Waals surface area contributed by atoms with Gasteiger partial charge in [0.05, 0.1) is 13.2 Å². The van der Waals surface area contributed by atoms with Gasteiger partial charge in [-0.15, -0.1) is 10.2 Å². The molecule has 0 atom stereocenters. The summed E-state index contributed by atoms with van der Waals surface area (Å²) in [4.78, 5) is 21.6. The molecule has 3 aliphatic rings. The first-order valence-electron chi connectivity index (χ1n) is 10.1. The zero-order valence-electron chi connectivity index (χ0n) is 16.2. The third kappa shape index (κ3) is 4.32. The van der Waals surface area contributed by atoms with E-state index in [4.69, 9.17) is 4.74 Å². The molecule has 8 heteroatoms. The van der Waals surface area contributed by atoms with Crippen molar-refractivity contribution in [3.63, 3.8) is 0 Å². The van der Waals surface area contributed by atoms with Crippen LogP contribution in [0.5, 0.6) is 0 Å². The SMILES string of the molecule is CN1CCN(C(=O)C2CCN(c3ccc(N4CCOCC4)nn3)CC2)CC1. The van der Waals surface area contributed by atoms with Crippen molar-refractivity contribution in [3.8, 4) is 0 Å². The molecular formula is C19H30N6O2. The van der Waals surface area contributed by atoms with Crippen molar-refractivity contribution in [1.29, 1.82) is 0 Å². The first-order valence-corrected chi connectivity index (χ1v) is 10.1. The van der Waals surface area contributed by atoms with E-state index in [2.05, 4.69) is 49.0 Å². The summed E-state index contributed by atoms with van der Waals surface area (Å²) in [6.45, 7) is 8.67. The summed E-state index contributed by atoms with van der Waals surface area (Å²) in [5, 5.41) is 8.85. The number of hydrogen-bond donors (Lipinski definition) is 0. The van der Waals surface area contributed by atoms with Gasteiger partial charge in [-0.3, -0.25) is 4.79 Å². The molecule has 0 unspecified atom stereocenters. The topological polar surface area (TPSA) is 65.0 Å². The summed E-state index contributed by atoms with van der Waals surface area (Å²) >= 11 is 0. The monoisotopic (exact) mass is 374 g/mol. The van der Waals surface area contributed by atoms with Crippen molar-refractivity contribution in [3.05, 3.63) is 12.1 Å². The van der Waals surface area contributed by atoms with Gasteiger partial charge in [0.25, 0.3) is 0 Å². The molecule has 1 aromatic rings. The lowest BCUT2D eigenvalue weighted by Gasteiger charge is -2.37. The van der Waals surface area contributed by atoms with Crippen molar-refractivity contribution in [1.82, 2.24) is 20.0 Å². The van der Waals surface area contributed by atoms with Crippen LogP contribution in [0.15, 0.2) is 12.1 Å². The summed E-state index contributed by atoms with van der Waals surface area (Å²) in [6, 6.07) is 4.11. The number of likely N-dealkylation sites (N-methyl/N-ethyl adjacent to an activating group) is 1. The second kappa shape index (κ2) is 8.39. The maximum Gasteiger partial charge on any atom is 0.225 e. The Morgan fingerprint density at radius 1 is 0.889 bits per heavy atom. The van der Waals surface area contributed by atoms with Crippen LogP contribution >= 0.6 is 0 Å². The molecule has 0 N–H and O–H groups in total. The molecule has 8 nitrogen and oxygen atoms in total. The molecule has 0 aliphatic carbocycles. The van der Waals surface area contributed by atoms with Crippen LogP contribution in [0.25, 0.3) is 0 Å². The van der Waals surface area contributed by atoms with Crippen LogP contribution in [0.3, 0.4) is 0 Å². The van der Waals surface area contributed by atoms with Crippen LogP contribution in [-0.2, 0) is 9.53 Å². The van der Waals surface area contributed by atoms with Gasteiger partial charge in [-0.2, -0.15) is 0 Å². The number of morpholine rings is 1.